The molecule has 3 rings (SSSR count). The number of amides is 1. The van der Waals surface area contributed by atoms with Crippen LogP contribution in [0.25, 0.3) is 11.0 Å². The summed E-state index contributed by atoms with van der Waals surface area (Å²) in [6.45, 7) is 4.66. The van der Waals surface area contributed by atoms with Crippen LogP contribution in [0.1, 0.15) is 28.6 Å². The average Bonchev–Trinajstić information content (AvgIpc) is 3.06. The Morgan fingerprint density at radius 3 is 2.52 bits per heavy atom. The Morgan fingerprint density at radius 1 is 1.11 bits per heavy atom. The van der Waals surface area contributed by atoms with Gasteiger partial charge in [-0.05, 0) is 31.5 Å². The smallest absolute Gasteiger partial charge is 0.291 e. The van der Waals surface area contributed by atoms with Crippen molar-refractivity contribution in [1.82, 2.24) is 0 Å². The Labute approximate surface area is 158 Å². The van der Waals surface area contributed by atoms with Gasteiger partial charge >= 0.3 is 0 Å². The van der Waals surface area contributed by atoms with Crippen LogP contribution in [0.3, 0.4) is 0 Å². The number of hydrogen-bond acceptors (Lipinski definition) is 5. The van der Waals surface area contributed by atoms with Gasteiger partial charge in [0, 0.05) is 29.3 Å². The molecule has 0 aliphatic carbocycles. The summed E-state index contributed by atoms with van der Waals surface area (Å²) in [5.41, 5.74) is 2.87. The fourth-order valence-electron chi connectivity index (χ4n) is 2.92. The molecule has 27 heavy (non-hydrogen) atoms. The Hall–Kier alpha value is -2.99. The molecule has 1 aromatic heterocycles. The van der Waals surface area contributed by atoms with Crippen molar-refractivity contribution in [2.45, 2.75) is 20.5 Å². The van der Waals surface area contributed by atoms with E-state index in [4.69, 9.17) is 18.6 Å². The minimum Gasteiger partial charge on any atom is -0.493 e. The van der Waals surface area contributed by atoms with Gasteiger partial charge in [-0.25, -0.2) is 0 Å². The summed E-state index contributed by atoms with van der Waals surface area (Å²) in [7, 11) is 3.13. The zero-order valence-electron chi connectivity index (χ0n) is 15.9. The standard InChI is InChI=1S/C21H23NO5/c1-5-26-12-15-14-8-6-7-9-17(14)27-20(15)21(23)22-16-11-19(25-4)18(24-3)10-13(16)2/h6-11H,5,12H2,1-4H3,(H,22,23). The summed E-state index contributed by atoms with van der Waals surface area (Å²) in [6.07, 6.45) is 0. The maximum absolute atomic E-state index is 12.9. The minimum atomic E-state index is -0.337. The van der Waals surface area contributed by atoms with Crippen molar-refractivity contribution in [2.75, 3.05) is 26.1 Å². The molecule has 6 nitrogen and oxygen atoms in total. The monoisotopic (exact) mass is 369 g/mol. The number of carbonyl (C=O) groups is 1. The number of ether oxygens (including phenoxy) is 3. The van der Waals surface area contributed by atoms with Gasteiger partial charge in [0.2, 0.25) is 0 Å². The molecule has 0 radical (unpaired) electrons. The molecule has 0 fully saturated rings. The SMILES string of the molecule is CCOCc1c(C(=O)Nc2cc(OC)c(OC)cc2C)oc2ccccc12. The molecule has 0 aliphatic heterocycles. The maximum Gasteiger partial charge on any atom is 0.291 e. The second-order valence-electron chi connectivity index (χ2n) is 6.02. The molecular formula is C21H23NO5. The molecule has 0 unspecified atom stereocenters. The number of methoxy groups -OCH3 is 2. The van der Waals surface area contributed by atoms with E-state index in [0.29, 0.717) is 36.0 Å². The van der Waals surface area contributed by atoms with Crippen molar-refractivity contribution in [3.8, 4) is 11.5 Å². The lowest BCUT2D eigenvalue weighted by Gasteiger charge is -2.13. The van der Waals surface area contributed by atoms with Crippen LogP contribution in [0.15, 0.2) is 40.8 Å². The van der Waals surface area contributed by atoms with Gasteiger partial charge in [0.1, 0.15) is 5.58 Å². The molecule has 0 saturated carbocycles. The van der Waals surface area contributed by atoms with Gasteiger partial charge in [-0.1, -0.05) is 18.2 Å². The summed E-state index contributed by atoms with van der Waals surface area (Å²) in [5, 5.41) is 3.78. The van der Waals surface area contributed by atoms with E-state index in [1.807, 2.05) is 44.2 Å². The van der Waals surface area contributed by atoms with Gasteiger partial charge in [0.25, 0.3) is 5.91 Å². The molecule has 1 heterocycles. The maximum atomic E-state index is 12.9. The molecule has 0 spiro atoms. The van der Waals surface area contributed by atoms with Crippen LogP contribution in [0.2, 0.25) is 0 Å². The van der Waals surface area contributed by atoms with Crippen LogP contribution in [0.5, 0.6) is 11.5 Å². The fraction of sp³-hybridized carbons (Fsp3) is 0.286. The molecular weight excluding hydrogens is 346 g/mol. The van der Waals surface area contributed by atoms with E-state index in [1.165, 1.54) is 0 Å². The number of para-hydroxylation sites is 1. The molecule has 6 heteroatoms. The van der Waals surface area contributed by atoms with E-state index in [1.54, 1.807) is 20.3 Å². The number of hydrogen-bond donors (Lipinski definition) is 1. The summed E-state index contributed by atoms with van der Waals surface area (Å²) in [4.78, 5) is 12.9. The van der Waals surface area contributed by atoms with Crippen molar-refractivity contribution in [2.24, 2.45) is 0 Å². The molecule has 3 aromatic rings. The topological polar surface area (TPSA) is 69.9 Å². The average molecular weight is 369 g/mol. The molecule has 0 saturated heterocycles. The molecule has 142 valence electrons. The van der Waals surface area contributed by atoms with Crippen LogP contribution >= 0.6 is 0 Å². The van der Waals surface area contributed by atoms with E-state index in [2.05, 4.69) is 5.32 Å². The van der Waals surface area contributed by atoms with E-state index in [9.17, 15) is 4.79 Å². The highest BCUT2D eigenvalue weighted by Crippen LogP contribution is 2.34. The summed E-state index contributed by atoms with van der Waals surface area (Å²) < 4.78 is 22.0. The Kier molecular flexibility index (Phi) is 5.66. The lowest BCUT2D eigenvalue weighted by molar-refractivity contribution is 0.0984. The lowest BCUT2D eigenvalue weighted by atomic mass is 10.1. The Bertz CT molecular complexity index is 961. The zero-order valence-corrected chi connectivity index (χ0v) is 15.9. The number of rotatable bonds is 7. The van der Waals surface area contributed by atoms with Crippen molar-refractivity contribution in [1.29, 1.82) is 0 Å². The first-order valence-electron chi connectivity index (χ1n) is 8.71. The van der Waals surface area contributed by atoms with Crippen LogP contribution in [-0.2, 0) is 11.3 Å². The van der Waals surface area contributed by atoms with E-state index in [0.717, 1.165) is 16.5 Å². The number of carbonyl (C=O) groups excluding carboxylic acids is 1. The zero-order chi connectivity index (χ0) is 19.4. The number of benzene rings is 2. The first kappa shape index (κ1) is 18.8. The Morgan fingerprint density at radius 2 is 1.81 bits per heavy atom. The van der Waals surface area contributed by atoms with Crippen molar-refractivity contribution in [3.63, 3.8) is 0 Å². The largest absolute Gasteiger partial charge is 0.493 e. The number of furan rings is 1. The van der Waals surface area contributed by atoms with Crippen molar-refractivity contribution < 1.29 is 23.4 Å². The normalized spacial score (nSPS) is 10.8. The predicted molar refractivity (Wildman–Crippen MR) is 104 cm³/mol. The van der Waals surface area contributed by atoms with Gasteiger partial charge in [-0.3, -0.25) is 4.79 Å². The second-order valence-corrected chi connectivity index (χ2v) is 6.02. The van der Waals surface area contributed by atoms with E-state index < -0.39 is 0 Å². The highest BCUT2D eigenvalue weighted by atomic mass is 16.5. The summed E-state index contributed by atoms with van der Waals surface area (Å²) in [5.74, 6) is 1.06. The molecule has 1 N–H and O–H groups in total. The first-order chi connectivity index (χ1) is 13.1. The summed E-state index contributed by atoms with van der Waals surface area (Å²) >= 11 is 0. The summed E-state index contributed by atoms with van der Waals surface area (Å²) in [6, 6.07) is 11.1. The molecule has 0 bridgehead atoms. The van der Waals surface area contributed by atoms with Gasteiger partial charge in [0.15, 0.2) is 17.3 Å². The Balaban J connectivity index is 1.97. The van der Waals surface area contributed by atoms with E-state index >= 15 is 0 Å². The first-order valence-corrected chi connectivity index (χ1v) is 8.71. The van der Waals surface area contributed by atoms with E-state index in [-0.39, 0.29) is 11.7 Å². The fourth-order valence-corrected chi connectivity index (χ4v) is 2.92. The third-order valence-electron chi connectivity index (χ3n) is 4.33. The number of anilines is 1. The van der Waals surface area contributed by atoms with Crippen LogP contribution in [-0.4, -0.2) is 26.7 Å². The number of aryl methyl sites for hydroxylation is 1. The number of fused-ring (bicyclic) bond motifs is 1. The lowest BCUT2D eigenvalue weighted by Crippen LogP contribution is -2.14. The van der Waals surface area contributed by atoms with Crippen LogP contribution in [0.4, 0.5) is 5.69 Å². The van der Waals surface area contributed by atoms with Gasteiger partial charge < -0.3 is 23.9 Å². The highest BCUT2D eigenvalue weighted by molar-refractivity contribution is 6.07. The quantitative estimate of drug-likeness (QED) is 0.662. The molecule has 0 atom stereocenters. The van der Waals surface area contributed by atoms with Gasteiger partial charge in [-0.15, -0.1) is 0 Å². The van der Waals surface area contributed by atoms with Crippen molar-refractivity contribution >= 4 is 22.6 Å². The molecule has 1 amide bonds. The van der Waals surface area contributed by atoms with Crippen LogP contribution in [0, 0.1) is 6.92 Å². The molecule has 2 aromatic carbocycles. The third kappa shape index (κ3) is 3.75. The number of nitrogens with one attached hydrogen (secondary N) is 1. The second kappa shape index (κ2) is 8.14. The van der Waals surface area contributed by atoms with Gasteiger partial charge in [-0.2, -0.15) is 0 Å². The minimum absolute atomic E-state index is 0.249. The predicted octanol–water partition coefficient (Wildman–Crippen LogP) is 4.55. The third-order valence-corrected chi connectivity index (χ3v) is 4.33. The highest BCUT2D eigenvalue weighted by Gasteiger charge is 2.21. The van der Waals surface area contributed by atoms with Gasteiger partial charge in [0.05, 0.1) is 20.8 Å². The molecule has 0 aliphatic rings. The van der Waals surface area contributed by atoms with Crippen LogP contribution < -0.4 is 14.8 Å². The van der Waals surface area contributed by atoms with Crippen molar-refractivity contribution in [3.05, 3.63) is 53.3 Å².